The predicted molar refractivity (Wildman–Crippen MR) is 84.2 cm³/mol. The van der Waals surface area contributed by atoms with Crippen molar-refractivity contribution in [3.05, 3.63) is 45.1 Å². The van der Waals surface area contributed by atoms with Crippen LogP contribution in [-0.2, 0) is 0 Å². The van der Waals surface area contributed by atoms with E-state index in [0.717, 1.165) is 26.2 Å². The van der Waals surface area contributed by atoms with Gasteiger partial charge in [-0.1, -0.05) is 29.8 Å². The summed E-state index contributed by atoms with van der Waals surface area (Å²) < 4.78 is 1.09. The van der Waals surface area contributed by atoms with Crippen LogP contribution in [0.2, 0.25) is 0 Å². The highest BCUT2D eigenvalue weighted by Crippen LogP contribution is 2.37. The third kappa shape index (κ3) is 2.31. The zero-order valence-electron chi connectivity index (χ0n) is 10.3. The Hall–Kier alpha value is -1.59. The number of H-pyrrole nitrogens is 1. The molecule has 3 rings (SSSR count). The normalized spacial score (nSPS) is 10.8. The molecule has 2 aromatic heterocycles. The number of halogens is 1. The van der Waals surface area contributed by atoms with Crippen molar-refractivity contribution in [1.82, 2.24) is 10.2 Å². The number of aromatic nitrogens is 2. The summed E-state index contributed by atoms with van der Waals surface area (Å²) >= 11 is 5.12. The van der Waals surface area contributed by atoms with Gasteiger partial charge in [-0.2, -0.15) is 5.10 Å². The second-order valence-electron chi connectivity index (χ2n) is 4.36. The molecule has 3 nitrogen and oxygen atoms in total. The molecular formula is C14H12BrN3S. The maximum Gasteiger partial charge on any atom is 0.153 e. The van der Waals surface area contributed by atoms with E-state index in [0.29, 0.717) is 5.82 Å². The third-order valence-electron chi connectivity index (χ3n) is 2.99. The van der Waals surface area contributed by atoms with Gasteiger partial charge in [0.25, 0.3) is 0 Å². The Balaban J connectivity index is 2.16. The molecular weight excluding hydrogens is 322 g/mol. The summed E-state index contributed by atoms with van der Waals surface area (Å²) in [5, 5.41) is 9.25. The fourth-order valence-electron chi connectivity index (χ4n) is 2.02. The predicted octanol–water partition coefficient (Wildman–Crippen LogP) is 4.46. The molecule has 96 valence electrons. The first-order chi connectivity index (χ1) is 9.15. The van der Waals surface area contributed by atoms with Crippen LogP contribution in [0.3, 0.4) is 0 Å². The summed E-state index contributed by atoms with van der Waals surface area (Å²) in [7, 11) is 0. The van der Waals surface area contributed by atoms with Crippen LogP contribution in [0, 0.1) is 6.92 Å². The third-order valence-corrected chi connectivity index (χ3v) is 4.50. The lowest BCUT2D eigenvalue weighted by molar-refractivity contribution is 1.10. The second kappa shape index (κ2) is 4.83. The quantitative estimate of drug-likeness (QED) is 0.727. The number of anilines is 1. The second-order valence-corrected chi connectivity index (χ2v) is 6.65. The van der Waals surface area contributed by atoms with E-state index in [1.807, 2.05) is 0 Å². The van der Waals surface area contributed by atoms with Crippen molar-refractivity contribution in [2.24, 2.45) is 0 Å². The molecule has 0 unspecified atom stereocenters. The molecule has 0 aliphatic rings. The molecule has 0 amide bonds. The molecule has 3 N–H and O–H groups in total. The highest BCUT2D eigenvalue weighted by Gasteiger charge is 2.15. The summed E-state index contributed by atoms with van der Waals surface area (Å²) in [5.41, 5.74) is 11.3. The van der Waals surface area contributed by atoms with Crippen LogP contribution >= 0.6 is 27.3 Å². The van der Waals surface area contributed by atoms with Crippen molar-refractivity contribution < 1.29 is 0 Å². The Labute approximate surface area is 123 Å². The summed E-state index contributed by atoms with van der Waals surface area (Å²) in [6, 6.07) is 10.4. The summed E-state index contributed by atoms with van der Waals surface area (Å²) in [6.45, 7) is 2.07. The van der Waals surface area contributed by atoms with Crippen molar-refractivity contribution in [2.45, 2.75) is 6.92 Å². The van der Waals surface area contributed by atoms with Crippen molar-refractivity contribution in [3.8, 4) is 22.4 Å². The number of nitrogens with one attached hydrogen (secondary N) is 1. The molecule has 0 saturated heterocycles. The number of aryl methyl sites for hydroxylation is 1. The SMILES string of the molecule is Cc1ccc(-c2c(N)n[nH]c2-c2csc(Br)c2)cc1. The average molecular weight is 334 g/mol. The zero-order chi connectivity index (χ0) is 13.4. The lowest BCUT2D eigenvalue weighted by atomic mass is 10.0. The van der Waals surface area contributed by atoms with Crippen molar-refractivity contribution in [1.29, 1.82) is 0 Å². The molecule has 19 heavy (non-hydrogen) atoms. The van der Waals surface area contributed by atoms with Gasteiger partial charge in [-0.05, 0) is 34.5 Å². The molecule has 0 aliphatic heterocycles. The summed E-state index contributed by atoms with van der Waals surface area (Å²) in [4.78, 5) is 0. The van der Waals surface area contributed by atoms with E-state index < -0.39 is 0 Å². The van der Waals surface area contributed by atoms with Gasteiger partial charge < -0.3 is 5.73 Å². The van der Waals surface area contributed by atoms with Gasteiger partial charge in [-0.15, -0.1) is 11.3 Å². The van der Waals surface area contributed by atoms with E-state index >= 15 is 0 Å². The lowest BCUT2D eigenvalue weighted by Crippen LogP contribution is -1.88. The van der Waals surface area contributed by atoms with Gasteiger partial charge in [0.2, 0.25) is 0 Å². The molecule has 2 heterocycles. The first kappa shape index (κ1) is 12.4. The Bertz CT molecular complexity index is 713. The number of rotatable bonds is 2. The number of benzene rings is 1. The monoisotopic (exact) mass is 333 g/mol. The van der Waals surface area contributed by atoms with Crippen LogP contribution in [0.4, 0.5) is 5.82 Å². The minimum absolute atomic E-state index is 0.529. The van der Waals surface area contributed by atoms with E-state index in [4.69, 9.17) is 5.73 Å². The van der Waals surface area contributed by atoms with Crippen LogP contribution in [0.1, 0.15) is 5.56 Å². The number of hydrogen-bond donors (Lipinski definition) is 2. The number of thiophene rings is 1. The number of hydrogen-bond acceptors (Lipinski definition) is 3. The first-order valence-corrected chi connectivity index (χ1v) is 7.47. The van der Waals surface area contributed by atoms with Crippen LogP contribution in [0.25, 0.3) is 22.4 Å². The number of nitrogens with zero attached hydrogens (tertiary/aromatic N) is 1. The average Bonchev–Trinajstić information content (AvgIpc) is 2.97. The van der Waals surface area contributed by atoms with Crippen molar-refractivity contribution in [2.75, 3.05) is 5.73 Å². The Morgan fingerprint density at radius 2 is 1.95 bits per heavy atom. The Morgan fingerprint density at radius 3 is 2.58 bits per heavy atom. The number of aromatic amines is 1. The van der Waals surface area contributed by atoms with Crippen LogP contribution in [-0.4, -0.2) is 10.2 Å². The minimum atomic E-state index is 0.529. The fourth-order valence-corrected chi connectivity index (χ4v) is 3.17. The largest absolute Gasteiger partial charge is 0.382 e. The van der Waals surface area contributed by atoms with Crippen LogP contribution in [0.15, 0.2) is 39.5 Å². The maximum atomic E-state index is 6.00. The van der Waals surface area contributed by atoms with E-state index in [1.54, 1.807) is 11.3 Å². The lowest BCUT2D eigenvalue weighted by Gasteiger charge is -2.03. The van der Waals surface area contributed by atoms with Gasteiger partial charge in [0, 0.05) is 10.9 Å². The molecule has 0 fully saturated rings. The van der Waals surface area contributed by atoms with Crippen molar-refractivity contribution in [3.63, 3.8) is 0 Å². The molecule has 3 aromatic rings. The first-order valence-electron chi connectivity index (χ1n) is 5.80. The van der Waals surface area contributed by atoms with E-state index in [9.17, 15) is 0 Å². The molecule has 0 spiro atoms. The highest BCUT2D eigenvalue weighted by molar-refractivity contribution is 9.11. The molecule has 0 atom stereocenters. The van der Waals surface area contributed by atoms with Gasteiger partial charge in [0.15, 0.2) is 5.82 Å². The van der Waals surface area contributed by atoms with Gasteiger partial charge in [0.1, 0.15) is 0 Å². The topological polar surface area (TPSA) is 54.7 Å². The Kier molecular flexibility index (Phi) is 3.16. The summed E-state index contributed by atoms with van der Waals surface area (Å²) in [6.07, 6.45) is 0. The smallest absolute Gasteiger partial charge is 0.153 e. The minimum Gasteiger partial charge on any atom is -0.382 e. The highest BCUT2D eigenvalue weighted by atomic mass is 79.9. The Morgan fingerprint density at radius 1 is 1.21 bits per heavy atom. The molecule has 0 saturated carbocycles. The van der Waals surface area contributed by atoms with Gasteiger partial charge in [-0.3, -0.25) is 5.10 Å². The molecule has 0 aliphatic carbocycles. The van der Waals surface area contributed by atoms with Crippen LogP contribution < -0.4 is 5.73 Å². The maximum absolute atomic E-state index is 6.00. The van der Waals surface area contributed by atoms with Crippen LogP contribution in [0.5, 0.6) is 0 Å². The van der Waals surface area contributed by atoms with Gasteiger partial charge >= 0.3 is 0 Å². The van der Waals surface area contributed by atoms with Gasteiger partial charge in [0.05, 0.1) is 15.0 Å². The standard InChI is InChI=1S/C14H12BrN3S/c1-8-2-4-9(5-3-8)12-13(17-18-14(12)16)10-6-11(15)19-7-10/h2-7H,1H3,(H3,16,17,18). The van der Waals surface area contributed by atoms with E-state index in [1.165, 1.54) is 5.56 Å². The fraction of sp³-hybridized carbons (Fsp3) is 0.0714. The molecule has 1 aromatic carbocycles. The molecule has 0 radical (unpaired) electrons. The van der Waals surface area contributed by atoms with E-state index in [-0.39, 0.29) is 0 Å². The zero-order valence-corrected chi connectivity index (χ0v) is 12.7. The summed E-state index contributed by atoms with van der Waals surface area (Å²) in [5.74, 6) is 0.529. The van der Waals surface area contributed by atoms with Crippen molar-refractivity contribution >= 4 is 33.1 Å². The van der Waals surface area contributed by atoms with Gasteiger partial charge in [-0.25, -0.2) is 0 Å². The van der Waals surface area contributed by atoms with E-state index in [2.05, 4.69) is 68.8 Å². The number of nitrogens with two attached hydrogens (primary N) is 1. The molecule has 5 heteroatoms. The molecule has 0 bridgehead atoms. The number of nitrogen functional groups attached to an aromatic ring is 1.